The topological polar surface area (TPSA) is 136 Å². The van der Waals surface area contributed by atoms with Crippen molar-refractivity contribution in [1.29, 1.82) is 0 Å². The average molecular weight is 427 g/mol. The number of carbonyl (C=O) groups excluding carboxylic acids is 3. The molecule has 30 heavy (non-hydrogen) atoms. The molecule has 4 N–H and O–H groups in total. The summed E-state index contributed by atoms with van der Waals surface area (Å²) in [5, 5.41) is 5.30. The Kier molecular flexibility index (Phi) is 6.26. The lowest BCUT2D eigenvalue weighted by atomic mass is 10.2. The molecule has 0 aliphatic heterocycles. The molecule has 1 atom stereocenters. The lowest BCUT2D eigenvalue weighted by Crippen LogP contribution is -2.44. The van der Waals surface area contributed by atoms with Gasteiger partial charge in [-0.2, -0.15) is 0 Å². The van der Waals surface area contributed by atoms with Crippen molar-refractivity contribution in [1.82, 2.24) is 20.6 Å². The van der Waals surface area contributed by atoms with Gasteiger partial charge in [0, 0.05) is 6.54 Å². The van der Waals surface area contributed by atoms with E-state index in [1.807, 2.05) is 30.3 Å². The molecule has 0 radical (unpaired) electrons. The van der Waals surface area contributed by atoms with Gasteiger partial charge >= 0.3 is 12.0 Å². The van der Waals surface area contributed by atoms with Crippen LogP contribution in [0.15, 0.2) is 30.3 Å². The van der Waals surface area contributed by atoms with Crippen molar-refractivity contribution in [2.75, 3.05) is 5.73 Å². The Hall–Kier alpha value is -3.53. The van der Waals surface area contributed by atoms with Crippen molar-refractivity contribution < 1.29 is 19.1 Å². The van der Waals surface area contributed by atoms with E-state index in [0.29, 0.717) is 21.7 Å². The maximum absolute atomic E-state index is 12.5. The zero-order valence-corrected chi connectivity index (χ0v) is 17.5. The summed E-state index contributed by atoms with van der Waals surface area (Å²) < 4.78 is 5.19. The van der Waals surface area contributed by atoms with Crippen LogP contribution in [0, 0.1) is 13.8 Å². The average Bonchev–Trinajstić information content (AvgIpc) is 3.03. The van der Waals surface area contributed by atoms with Gasteiger partial charge in [0.2, 0.25) is 0 Å². The van der Waals surface area contributed by atoms with Crippen molar-refractivity contribution in [2.24, 2.45) is 0 Å². The quantitative estimate of drug-likeness (QED) is 0.532. The number of nitrogens with zero attached hydrogens (tertiary/aromatic N) is 2. The molecule has 0 bridgehead atoms. The van der Waals surface area contributed by atoms with Crippen LogP contribution in [0.25, 0.3) is 10.2 Å². The maximum atomic E-state index is 12.5. The number of nitrogens with two attached hydrogens (primary N) is 1. The number of aryl methyl sites for hydroxylation is 2. The van der Waals surface area contributed by atoms with Crippen molar-refractivity contribution in [3.63, 3.8) is 0 Å². The Morgan fingerprint density at radius 3 is 2.57 bits per heavy atom. The molecule has 9 nitrogen and oxygen atoms in total. The predicted octanol–water partition coefficient (Wildman–Crippen LogP) is 2.46. The highest BCUT2D eigenvalue weighted by Crippen LogP contribution is 2.34. The Bertz CT molecular complexity index is 1110. The predicted molar refractivity (Wildman–Crippen MR) is 113 cm³/mol. The molecule has 156 valence electrons. The van der Waals surface area contributed by atoms with Gasteiger partial charge < -0.3 is 15.8 Å². The molecule has 0 aliphatic rings. The molecule has 1 aromatic carbocycles. The summed E-state index contributed by atoms with van der Waals surface area (Å²) >= 11 is 1.07. The third kappa shape index (κ3) is 4.71. The van der Waals surface area contributed by atoms with Crippen LogP contribution in [0.5, 0.6) is 0 Å². The zero-order chi connectivity index (χ0) is 21.8. The summed E-state index contributed by atoms with van der Waals surface area (Å²) in [4.78, 5) is 45.9. The van der Waals surface area contributed by atoms with Gasteiger partial charge in [-0.25, -0.2) is 19.6 Å². The summed E-state index contributed by atoms with van der Waals surface area (Å²) in [5.41, 5.74) is 7.84. The lowest BCUT2D eigenvalue weighted by Gasteiger charge is -2.13. The number of anilines is 1. The van der Waals surface area contributed by atoms with E-state index >= 15 is 0 Å². The zero-order valence-electron chi connectivity index (χ0n) is 16.7. The van der Waals surface area contributed by atoms with Crippen LogP contribution >= 0.6 is 11.3 Å². The summed E-state index contributed by atoms with van der Waals surface area (Å²) in [6, 6.07) is 8.55. The standard InChI is InChI=1S/C20H21N5O4S/c1-10-14-15(21)16(30-18(14)24-12(3)23-10)19(27)29-11(2)17(26)25-20(28)22-9-13-7-5-4-6-8-13/h4-8,11H,9,21H2,1-3H3,(H2,22,25,26,28)/t11-/m1/s1. The highest BCUT2D eigenvalue weighted by molar-refractivity contribution is 7.21. The minimum atomic E-state index is -1.20. The number of benzene rings is 1. The van der Waals surface area contributed by atoms with Gasteiger partial charge in [0.15, 0.2) is 6.10 Å². The number of amides is 3. The van der Waals surface area contributed by atoms with Gasteiger partial charge in [-0.15, -0.1) is 11.3 Å². The second kappa shape index (κ2) is 8.87. The molecular formula is C20H21N5O4S. The SMILES string of the molecule is Cc1nc(C)c2c(N)c(C(=O)O[C@H](C)C(=O)NC(=O)NCc3ccccc3)sc2n1. The van der Waals surface area contributed by atoms with E-state index in [4.69, 9.17) is 10.5 Å². The Labute approximate surface area is 176 Å². The summed E-state index contributed by atoms with van der Waals surface area (Å²) in [6.45, 7) is 5.15. The minimum absolute atomic E-state index is 0.140. The maximum Gasteiger partial charge on any atom is 0.351 e. The van der Waals surface area contributed by atoms with E-state index in [-0.39, 0.29) is 17.1 Å². The molecule has 0 spiro atoms. The minimum Gasteiger partial charge on any atom is -0.448 e. The molecule has 0 unspecified atom stereocenters. The Balaban J connectivity index is 1.60. The monoisotopic (exact) mass is 427 g/mol. The number of ether oxygens (including phenoxy) is 1. The molecule has 0 saturated heterocycles. The van der Waals surface area contributed by atoms with Crippen molar-refractivity contribution in [2.45, 2.75) is 33.4 Å². The summed E-state index contributed by atoms with van der Waals surface area (Å²) in [5.74, 6) is -0.948. The highest BCUT2D eigenvalue weighted by Gasteiger charge is 2.25. The van der Waals surface area contributed by atoms with E-state index in [0.717, 1.165) is 16.9 Å². The molecule has 3 rings (SSSR count). The fraction of sp³-hybridized carbons (Fsp3) is 0.250. The van der Waals surface area contributed by atoms with Crippen LogP contribution in [0.1, 0.15) is 33.7 Å². The number of imide groups is 1. The number of thiophene rings is 1. The van der Waals surface area contributed by atoms with Crippen LogP contribution in [0.3, 0.4) is 0 Å². The first-order valence-electron chi connectivity index (χ1n) is 9.13. The van der Waals surface area contributed by atoms with Gasteiger partial charge in [0.25, 0.3) is 5.91 Å². The molecule has 2 aromatic heterocycles. The van der Waals surface area contributed by atoms with Gasteiger partial charge in [-0.1, -0.05) is 30.3 Å². The fourth-order valence-electron chi connectivity index (χ4n) is 2.79. The number of urea groups is 1. The molecule has 10 heteroatoms. The molecule has 0 fully saturated rings. The Morgan fingerprint density at radius 1 is 1.17 bits per heavy atom. The van der Waals surface area contributed by atoms with Gasteiger partial charge in [0.1, 0.15) is 15.5 Å². The first-order chi connectivity index (χ1) is 14.3. The number of hydrogen-bond acceptors (Lipinski definition) is 8. The van der Waals surface area contributed by atoms with Gasteiger partial charge in [0.05, 0.1) is 16.8 Å². The van der Waals surface area contributed by atoms with Crippen LogP contribution in [-0.4, -0.2) is 34.0 Å². The first-order valence-corrected chi connectivity index (χ1v) is 9.94. The number of carbonyl (C=O) groups is 3. The molecule has 3 amide bonds. The van der Waals surface area contributed by atoms with Gasteiger partial charge in [-0.3, -0.25) is 10.1 Å². The second-order valence-electron chi connectivity index (χ2n) is 6.59. The van der Waals surface area contributed by atoms with E-state index < -0.39 is 24.0 Å². The van der Waals surface area contributed by atoms with Crippen LogP contribution in [0.2, 0.25) is 0 Å². The largest absolute Gasteiger partial charge is 0.448 e. The number of nitrogens with one attached hydrogen (secondary N) is 2. The number of hydrogen-bond donors (Lipinski definition) is 3. The molecule has 0 aliphatic carbocycles. The van der Waals surface area contributed by atoms with Crippen molar-refractivity contribution in [3.8, 4) is 0 Å². The molecule has 0 saturated carbocycles. The highest BCUT2D eigenvalue weighted by atomic mass is 32.1. The molecular weight excluding hydrogens is 406 g/mol. The third-order valence-electron chi connectivity index (χ3n) is 4.25. The summed E-state index contributed by atoms with van der Waals surface area (Å²) in [6.07, 6.45) is -1.20. The van der Waals surface area contributed by atoms with Crippen LogP contribution in [0.4, 0.5) is 10.5 Å². The van der Waals surface area contributed by atoms with E-state index in [2.05, 4.69) is 20.6 Å². The first kappa shape index (κ1) is 21.2. The van der Waals surface area contributed by atoms with Crippen LogP contribution in [-0.2, 0) is 16.1 Å². The lowest BCUT2D eigenvalue weighted by molar-refractivity contribution is -0.127. The van der Waals surface area contributed by atoms with E-state index in [1.165, 1.54) is 6.92 Å². The normalized spacial score (nSPS) is 11.7. The van der Waals surface area contributed by atoms with Crippen molar-refractivity contribution >= 4 is 45.1 Å². The van der Waals surface area contributed by atoms with Crippen LogP contribution < -0.4 is 16.4 Å². The Morgan fingerprint density at radius 2 is 1.87 bits per heavy atom. The van der Waals surface area contributed by atoms with Crippen molar-refractivity contribution in [3.05, 3.63) is 52.3 Å². The fourth-order valence-corrected chi connectivity index (χ4v) is 3.86. The smallest absolute Gasteiger partial charge is 0.351 e. The molecule has 2 heterocycles. The number of fused-ring (bicyclic) bond motifs is 1. The number of aromatic nitrogens is 2. The van der Waals surface area contributed by atoms with E-state index in [1.54, 1.807) is 13.8 Å². The third-order valence-corrected chi connectivity index (χ3v) is 5.33. The number of nitrogen functional groups attached to an aromatic ring is 1. The van der Waals surface area contributed by atoms with E-state index in [9.17, 15) is 14.4 Å². The number of esters is 1. The molecule has 3 aromatic rings. The summed E-state index contributed by atoms with van der Waals surface area (Å²) in [7, 11) is 0. The number of rotatable bonds is 5. The van der Waals surface area contributed by atoms with Gasteiger partial charge in [-0.05, 0) is 26.3 Å². The second-order valence-corrected chi connectivity index (χ2v) is 7.59.